The molecule has 0 radical (unpaired) electrons. The Bertz CT molecular complexity index is 982. The minimum atomic E-state index is 0.227. The van der Waals surface area contributed by atoms with E-state index >= 15 is 0 Å². The van der Waals surface area contributed by atoms with E-state index in [9.17, 15) is 0 Å². The molecule has 1 unspecified atom stereocenters. The van der Waals surface area contributed by atoms with Gasteiger partial charge in [-0.3, -0.25) is 14.3 Å². The van der Waals surface area contributed by atoms with Crippen LogP contribution in [0.2, 0.25) is 0 Å². The molecule has 1 aliphatic carbocycles. The quantitative estimate of drug-likeness (QED) is 0.751. The Hall–Kier alpha value is -2.51. The summed E-state index contributed by atoms with van der Waals surface area (Å²) in [6, 6.07) is 6.81. The van der Waals surface area contributed by atoms with Gasteiger partial charge < -0.3 is 10.6 Å². The molecule has 7 nitrogen and oxygen atoms in total. The van der Waals surface area contributed by atoms with Crippen molar-refractivity contribution in [2.45, 2.75) is 44.3 Å². The molecule has 2 N–H and O–H groups in total. The maximum atomic E-state index is 6.09. The summed E-state index contributed by atoms with van der Waals surface area (Å²) in [5.41, 5.74) is 10.7. The number of aromatic nitrogens is 4. The summed E-state index contributed by atoms with van der Waals surface area (Å²) < 4.78 is 2.11. The molecule has 146 valence electrons. The zero-order valence-electron chi connectivity index (χ0n) is 16.3. The monoisotopic (exact) mass is 377 g/mol. The average molecular weight is 377 g/mol. The Morgan fingerprint density at radius 1 is 1.21 bits per heavy atom. The predicted octanol–water partition coefficient (Wildman–Crippen LogP) is 2.17. The van der Waals surface area contributed by atoms with E-state index < -0.39 is 0 Å². The molecule has 1 aliphatic heterocycles. The molecule has 0 amide bonds. The number of imidazole rings is 1. The van der Waals surface area contributed by atoms with Crippen molar-refractivity contribution in [3.8, 4) is 0 Å². The van der Waals surface area contributed by atoms with Gasteiger partial charge in [0.05, 0.1) is 17.4 Å². The molecule has 1 saturated heterocycles. The number of pyridine rings is 1. The lowest BCUT2D eigenvalue weighted by Gasteiger charge is -2.31. The van der Waals surface area contributed by atoms with Crippen LogP contribution in [0.4, 0.5) is 5.95 Å². The fourth-order valence-corrected chi connectivity index (χ4v) is 4.61. The fourth-order valence-electron chi connectivity index (χ4n) is 4.61. The molecule has 0 aromatic carbocycles. The highest BCUT2D eigenvalue weighted by molar-refractivity contribution is 5.48. The summed E-state index contributed by atoms with van der Waals surface area (Å²) in [5, 5.41) is 0. The summed E-state index contributed by atoms with van der Waals surface area (Å²) in [6.45, 7) is 2.59. The highest BCUT2D eigenvalue weighted by Crippen LogP contribution is 2.32. The minimum Gasteiger partial charge on any atom is -0.340 e. The lowest BCUT2D eigenvalue weighted by molar-refractivity contribution is 0.206. The number of aryl methyl sites for hydroxylation is 1. The van der Waals surface area contributed by atoms with Crippen LogP contribution in [0.1, 0.15) is 42.3 Å². The van der Waals surface area contributed by atoms with Crippen LogP contribution in [0.25, 0.3) is 5.65 Å². The van der Waals surface area contributed by atoms with Gasteiger partial charge in [-0.2, -0.15) is 0 Å². The molecule has 0 spiro atoms. The first-order chi connectivity index (χ1) is 13.7. The van der Waals surface area contributed by atoms with Gasteiger partial charge in [0, 0.05) is 44.3 Å². The number of nitrogens with two attached hydrogens (primary N) is 1. The smallest absolute Gasteiger partial charge is 0.211 e. The van der Waals surface area contributed by atoms with Crippen LogP contribution < -0.4 is 10.6 Å². The van der Waals surface area contributed by atoms with Gasteiger partial charge in [-0.25, -0.2) is 9.97 Å². The molecular weight excluding hydrogens is 350 g/mol. The van der Waals surface area contributed by atoms with E-state index in [4.69, 9.17) is 10.7 Å². The van der Waals surface area contributed by atoms with E-state index in [2.05, 4.69) is 43.5 Å². The molecule has 2 aliphatic rings. The van der Waals surface area contributed by atoms with Crippen molar-refractivity contribution in [1.82, 2.24) is 24.3 Å². The highest BCUT2D eigenvalue weighted by atomic mass is 15.3. The second-order valence-corrected chi connectivity index (χ2v) is 8.07. The molecule has 28 heavy (non-hydrogen) atoms. The summed E-state index contributed by atoms with van der Waals surface area (Å²) in [6.07, 6.45) is 10.4. The maximum absolute atomic E-state index is 6.09. The SMILES string of the molecule is CN(Cc1cn2c(N3CCC(N)C3)nccc2n1)[C@H]1CCCc2cccnc21. The van der Waals surface area contributed by atoms with Crippen molar-refractivity contribution in [2.75, 3.05) is 25.0 Å². The van der Waals surface area contributed by atoms with Gasteiger partial charge in [0.1, 0.15) is 5.65 Å². The first-order valence-corrected chi connectivity index (χ1v) is 10.2. The molecule has 3 aromatic heterocycles. The first kappa shape index (κ1) is 17.6. The van der Waals surface area contributed by atoms with Gasteiger partial charge >= 0.3 is 0 Å². The summed E-state index contributed by atoms with van der Waals surface area (Å²) >= 11 is 0. The summed E-state index contributed by atoms with van der Waals surface area (Å²) in [4.78, 5) is 18.8. The van der Waals surface area contributed by atoms with Gasteiger partial charge in [0.2, 0.25) is 5.95 Å². The minimum absolute atomic E-state index is 0.227. The van der Waals surface area contributed by atoms with Crippen molar-refractivity contribution >= 4 is 11.6 Å². The van der Waals surface area contributed by atoms with Crippen LogP contribution in [0.15, 0.2) is 36.8 Å². The van der Waals surface area contributed by atoms with E-state index in [0.29, 0.717) is 6.04 Å². The number of fused-ring (bicyclic) bond motifs is 2. The number of hydrogen-bond acceptors (Lipinski definition) is 6. The van der Waals surface area contributed by atoms with Crippen LogP contribution in [0, 0.1) is 0 Å². The van der Waals surface area contributed by atoms with E-state index in [1.807, 2.05) is 24.5 Å². The van der Waals surface area contributed by atoms with E-state index in [1.165, 1.54) is 17.7 Å². The molecule has 0 saturated carbocycles. The van der Waals surface area contributed by atoms with Crippen molar-refractivity contribution in [3.05, 3.63) is 53.7 Å². The number of nitrogens with zero attached hydrogens (tertiary/aromatic N) is 6. The first-order valence-electron chi connectivity index (χ1n) is 10.2. The summed E-state index contributed by atoms with van der Waals surface area (Å²) in [7, 11) is 2.18. The van der Waals surface area contributed by atoms with Gasteiger partial charge in [0.15, 0.2) is 0 Å². The average Bonchev–Trinajstić information content (AvgIpc) is 3.32. The van der Waals surface area contributed by atoms with Gasteiger partial charge in [-0.15, -0.1) is 0 Å². The second kappa shape index (κ2) is 7.14. The van der Waals surface area contributed by atoms with Gasteiger partial charge in [0.25, 0.3) is 0 Å². The maximum Gasteiger partial charge on any atom is 0.211 e. The lowest BCUT2D eigenvalue weighted by atomic mass is 9.91. The van der Waals surface area contributed by atoms with Crippen LogP contribution in [0.3, 0.4) is 0 Å². The molecule has 3 aromatic rings. The Morgan fingerprint density at radius 2 is 2.14 bits per heavy atom. The lowest BCUT2D eigenvalue weighted by Crippen LogP contribution is -2.28. The third-order valence-corrected chi connectivity index (χ3v) is 6.03. The molecule has 2 atom stereocenters. The Morgan fingerprint density at radius 3 is 3.00 bits per heavy atom. The Balaban J connectivity index is 1.40. The Kier molecular flexibility index (Phi) is 4.49. The van der Waals surface area contributed by atoms with Gasteiger partial charge in [-0.05, 0) is 50.4 Å². The van der Waals surface area contributed by atoms with Gasteiger partial charge in [-0.1, -0.05) is 6.07 Å². The zero-order chi connectivity index (χ0) is 19.1. The number of rotatable bonds is 4. The topological polar surface area (TPSA) is 75.6 Å². The highest BCUT2D eigenvalue weighted by Gasteiger charge is 2.26. The van der Waals surface area contributed by atoms with E-state index in [1.54, 1.807) is 0 Å². The third-order valence-electron chi connectivity index (χ3n) is 6.03. The predicted molar refractivity (Wildman–Crippen MR) is 109 cm³/mol. The largest absolute Gasteiger partial charge is 0.340 e. The van der Waals surface area contributed by atoms with Crippen molar-refractivity contribution in [2.24, 2.45) is 5.73 Å². The summed E-state index contributed by atoms with van der Waals surface area (Å²) in [5.74, 6) is 0.941. The van der Waals surface area contributed by atoms with Crippen molar-refractivity contribution < 1.29 is 0 Å². The van der Waals surface area contributed by atoms with Crippen LogP contribution in [-0.4, -0.2) is 50.4 Å². The third kappa shape index (κ3) is 3.14. The second-order valence-electron chi connectivity index (χ2n) is 8.07. The van der Waals surface area contributed by atoms with Crippen LogP contribution in [-0.2, 0) is 13.0 Å². The fraction of sp³-hybridized carbons (Fsp3) is 0.476. The molecule has 5 rings (SSSR count). The Labute approximate surface area is 165 Å². The number of anilines is 1. The molecular formula is C21H27N7. The standard InChI is InChI=1S/C21H27N7/c1-26(18-6-2-4-15-5-3-9-23-20(15)18)13-17-14-28-19(25-17)7-10-24-21(28)27-11-8-16(22)12-27/h3,5,7,9-10,14,16,18H,2,4,6,8,11-13,22H2,1H3/t16?,18-/m0/s1. The molecule has 7 heteroatoms. The molecule has 4 heterocycles. The van der Waals surface area contributed by atoms with Crippen LogP contribution in [0.5, 0.6) is 0 Å². The zero-order valence-corrected chi connectivity index (χ0v) is 16.3. The molecule has 0 bridgehead atoms. The van der Waals surface area contributed by atoms with E-state index in [0.717, 1.165) is 56.2 Å². The van der Waals surface area contributed by atoms with E-state index in [-0.39, 0.29) is 6.04 Å². The molecule has 1 fully saturated rings. The normalized spacial score (nSPS) is 22.2. The van der Waals surface area contributed by atoms with Crippen LogP contribution >= 0.6 is 0 Å². The number of hydrogen-bond donors (Lipinski definition) is 1. The van der Waals surface area contributed by atoms with Crippen molar-refractivity contribution in [1.29, 1.82) is 0 Å². The van der Waals surface area contributed by atoms with Crippen molar-refractivity contribution in [3.63, 3.8) is 0 Å².